The normalized spacial score (nSPS) is 18.5. The van der Waals surface area contributed by atoms with E-state index in [0.717, 1.165) is 30.8 Å². The van der Waals surface area contributed by atoms with Gasteiger partial charge in [0.25, 0.3) is 0 Å². The van der Waals surface area contributed by atoms with Crippen LogP contribution in [0.4, 0.5) is 5.82 Å². The number of hydrogen-bond acceptors (Lipinski definition) is 4. The predicted octanol–water partition coefficient (Wildman–Crippen LogP) is 2.78. The van der Waals surface area contributed by atoms with E-state index in [-0.39, 0.29) is 0 Å². The van der Waals surface area contributed by atoms with E-state index < -0.39 is 5.97 Å². The highest BCUT2D eigenvalue weighted by atomic mass is 16.4. The Kier molecular flexibility index (Phi) is 4.80. The zero-order chi connectivity index (χ0) is 15.6. The maximum Gasteiger partial charge on any atom is 0.339 e. The average molecular weight is 291 g/mol. The van der Waals surface area contributed by atoms with Crippen LogP contribution in [0, 0.1) is 11.8 Å². The van der Waals surface area contributed by atoms with E-state index in [4.69, 9.17) is 0 Å². The molecule has 0 radical (unpaired) electrons. The van der Waals surface area contributed by atoms with Gasteiger partial charge in [-0.1, -0.05) is 27.7 Å². The Hall–Kier alpha value is -1.65. The SMILES string of the molecule is CCc1nnc(N2CCC(C(C)C)C2)c(C(=O)O)c1CC. The molecule has 1 atom stereocenters. The monoisotopic (exact) mass is 291 g/mol. The van der Waals surface area contributed by atoms with Gasteiger partial charge in [-0.15, -0.1) is 5.10 Å². The third-order valence-electron chi connectivity index (χ3n) is 4.51. The summed E-state index contributed by atoms with van der Waals surface area (Å²) in [6.07, 6.45) is 2.48. The van der Waals surface area contributed by atoms with E-state index in [9.17, 15) is 9.90 Å². The van der Waals surface area contributed by atoms with Crippen molar-refractivity contribution in [2.45, 2.75) is 47.0 Å². The van der Waals surface area contributed by atoms with Gasteiger partial charge in [-0.05, 0) is 36.7 Å². The molecule has 2 heterocycles. The summed E-state index contributed by atoms with van der Waals surface area (Å²) >= 11 is 0. The molecular weight excluding hydrogens is 266 g/mol. The molecular formula is C16H25N3O2. The molecule has 0 amide bonds. The van der Waals surface area contributed by atoms with E-state index in [1.54, 1.807) is 0 Å². The minimum Gasteiger partial charge on any atom is -0.478 e. The number of carboxylic acid groups (broad SMARTS) is 1. The number of aromatic carboxylic acids is 1. The molecule has 0 bridgehead atoms. The quantitative estimate of drug-likeness (QED) is 0.903. The number of carbonyl (C=O) groups is 1. The van der Waals surface area contributed by atoms with Crippen molar-refractivity contribution in [3.05, 3.63) is 16.8 Å². The van der Waals surface area contributed by atoms with Crippen LogP contribution in [0.3, 0.4) is 0 Å². The Balaban J connectivity index is 2.42. The van der Waals surface area contributed by atoms with Crippen LogP contribution in [0.15, 0.2) is 0 Å². The molecule has 5 heteroatoms. The summed E-state index contributed by atoms with van der Waals surface area (Å²) in [6.45, 7) is 10.1. The van der Waals surface area contributed by atoms with Crippen LogP contribution in [0.25, 0.3) is 0 Å². The molecule has 21 heavy (non-hydrogen) atoms. The summed E-state index contributed by atoms with van der Waals surface area (Å²) in [7, 11) is 0. The van der Waals surface area contributed by atoms with Crippen LogP contribution >= 0.6 is 0 Å². The van der Waals surface area contributed by atoms with Crippen molar-refractivity contribution < 1.29 is 9.90 Å². The number of rotatable bonds is 5. The lowest BCUT2D eigenvalue weighted by atomic mass is 9.95. The van der Waals surface area contributed by atoms with Gasteiger partial charge in [-0.25, -0.2) is 4.79 Å². The van der Waals surface area contributed by atoms with Crippen LogP contribution in [-0.4, -0.2) is 34.4 Å². The van der Waals surface area contributed by atoms with Crippen LogP contribution in [0.1, 0.15) is 55.7 Å². The number of carboxylic acids is 1. The first-order chi connectivity index (χ1) is 9.99. The molecule has 1 aromatic rings. The van der Waals surface area contributed by atoms with Gasteiger partial charge < -0.3 is 10.0 Å². The summed E-state index contributed by atoms with van der Waals surface area (Å²) < 4.78 is 0. The van der Waals surface area contributed by atoms with Crippen molar-refractivity contribution in [1.82, 2.24) is 10.2 Å². The van der Waals surface area contributed by atoms with Crippen LogP contribution < -0.4 is 4.90 Å². The lowest BCUT2D eigenvalue weighted by Crippen LogP contribution is -2.26. The summed E-state index contributed by atoms with van der Waals surface area (Å²) in [5.41, 5.74) is 2.00. The first-order valence-electron chi connectivity index (χ1n) is 7.86. The highest BCUT2D eigenvalue weighted by Gasteiger charge is 2.30. The van der Waals surface area contributed by atoms with Gasteiger partial charge in [-0.3, -0.25) is 0 Å². The summed E-state index contributed by atoms with van der Waals surface area (Å²) in [5.74, 6) is 0.875. The van der Waals surface area contributed by atoms with Gasteiger partial charge in [0, 0.05) is 13.1 Å². The van der Waals surface area contributed by atoms with Gasteiger partial charge in [0.15, 0.2) is 5.82 Å². The molecule has 1 aliphatic heterocycles. The van der Waals surface area contributed by atoms with Gasteiger partial charge in [-0.2, -0.15) is 5.10 Å². The number of aromatic nitrogens is 2. The lowest BCUT2D eigenvalue weighted by Gasteiger charge is -2.22. The van der Waals surface area contributed by atoms with Gasteiger partial charge >= 0.3 is 5.97 Å². The van der Waals surface area contributed by atoms with Crippen molar-refractivity contribution in [2.75, 3.05) is 18.0 Å². The zero-order valence-corrected chi connectivity index (χ0v) is 13.4. The van der Waals surface area contributed by atoms with Crippen LogP contribution in [0.5, 0.6) is 0 Å². The standard InChI is InChI=1S/C16H25N3O2/c1-5-12-13(6-2)17-18-15(14(12)16(20)21)19-8-7-11(9-19)10(3)4/h10-11H,5-9H2,1-4H3,(H,20,21). The average Bonchev–Trinajstić information content (AvgIpc) is 2.95. The molecule has 1 saturated heterocycles. The van der Waals surface area contributed by atoms with Crippen LogP contribution in [-0.2, 0) is 12.8 Å². The molecule has 116 valence electrons. The Bertz CT molecular complexity index is 528. The van der Waals surface area contributed by atoms with Crippen molar-refractivity contribution in [3.63, 3.8) is 0 Å². The Morgan fingerprint density at radius 2 is 2.05 bits per heavy atom. The molecule has 2 rings (SSSR count). The van der Waals surface area contributed by atoms with Gasteiger partial charge in [0.1, 0.15) is 5.56 Å². The third-order valence-corrected chi connectivity index (χ3v) is 4.51. The largest absolute Gasteiger partial charge is 0.478 e. The number of aryl methyl sites for hydroxylation is 1. The molecule has 0 spiro atoms. The smallest absolute Gasteiger partial charge is 0.339 e. The van der Waals surface area contributed by atoms with E-state index in [1.165, 1.54) is 0 Å². The lowest BCUT2D eigenvalue weighted by molar-refractivity contribution is 0.0695. The molecule has 0 aliphatic carbocycles. The number of hydrogen-bond donors (Lipinski definition) is 1. The van der Waals surface area contributed by atoms with E-state index >= 15 is 0 Å². The van der Waals surface area contributed by atoms with Crippen molar-refractivity contribution in [3.8, 4) is 0 Å². The second-order valence-corrected chi connectivity index (χ2v) is 6.07. The fourth-order valence-electron chi connectivity index (χ4n) is 3.13. The van der Waals surface area contributed by atoms with E-state index in [2.05, 4.69) is 28.9 Å². The molecule has 1 N–H and O–H groups in total. The number of anilines is 1. The number of nitrogens with zero attached hydrogens (tertiary/aromatic N) is 3. The maximum absolute atomic E-state index is 11.7. The molecule has 1 aliphatic rings. The Morgan fingerprint density at radius 3 is 2.52 bits per heavy atom. The third kappa shape index (κ3) is 3.01. The van der Waals surface area contributed by atoms with Gasteiger partial charge in [0.05, 0.1) is 5.69 Å². The zero-order valence-electron chi connectivity index (χ0n) is 13.4. The highest BCUT2D eigenvalue weighted by molar-refractivity contribution is 5.95. The topological polar surface area (TPSA) is 66.3 Å². The molecule has 1 unspecified atom stereocenters. The second-order valence-electron chi connectivity index (χ2n) is 6.07. The van der Waals surface area contributed by atoms with Crippen LogP contribution in [0.2, 0.25) is 0 Å². The Morgan fingerprint density at radius 1 is 1.33 bits per heavy atom. The first kappa shape index (κ1) is 15.7. The van der Waals surface area contributed by atoms with Crippen molar-refractivity contribution in [2.24, 2.45) is 11.8 Å². The molecule has 1 aromatic heterocycles. The molecule has 1 fully saturated rings. The molecule has 0 aromatic carbocycles. The summed E-state index contributed by atoms with van der Waals surface area (Å²) in [4.78, 5) is 13.8. The molecule has 0 saturated carbocycles. The molecule has 5 nitrogen and oxygen atoms in total. The second kappa shape index (κ2) is 6.41. The predicted molar refractivity (Wildman–Crippen MR) is 82.9 cm³/mol. The van der Waals surface area contributed by atoms with Crippen molar-refractivity contribution >= 4 is 11.8 Å². The van der Waals surface area contributed by atoms with Gasteiger partial charge in [0.2, 0.25) is 0 Å². The summed E-state index contributed by atoms with van der Waals surface area (Å²) in [5, 5.41) is 18.2. The summed E-state index contributed by atoms with van der Waals surface area (Å²) in [6, 6.07) is 0. The van der Waals surface area contributed by atoms with E-state index in [1.807, 2.05) is 13.8 Å². The van der Waals surface area contributed by atoms with Crippen molar-refractivity contribution in [1.29, 1.82) is 0 Å². The fraction of sp³-hybridized carbons (Fsp3) is 0.688. The minimum atomic E-state index is -0.889. The first-order valence-corrected chi connectivity index (χ1v) is 7.86. The maximum atomic E-state index is 11.7. The fourth-order valence-corrected chi connectivity index (χ4v) is 3.13. The highest BCUT2D eigenvalue weighted by Crippen LogP contribution is 2.31. The van der Waals surface area contributed by atoms with E-state index in [0.29, 0.717) is 36.1 Å². The Labute approximate surface area is 126 Å². The minimum absolute atomic E-state index is 0.355.